The fourth-order valence-corrected chi connectivity index (χ4v) is 2.17. The topological polar surface area (TPSA) is 44.5 Å². The van der Waals surface area contributed by atoms with Crippen LogP contribution < -0.4 is 15.2 Å². The van der Waals surface area contributed by atoms with E-state index in [4.69, 9.17) is 15.2 Å². The first-order valence-corrected chi connectivity index (χ1v) is 6.62. The van der Waals surface area contributed by atoms with Gasteiger partial charge in [0.2, 0.25) is 0 Å². The molecule has 0 radical (unpaired) electrons. The third kappa shape index (κ3) is 3.64. The van der Waals surface area contributed by atoms with Crippen LogP contribution in [0.1, 0.15) is 49.8 Å². The third-order valence-corrected chi connectivity index (χ3v) is 3.29. The summed E-state index contributed by atoms with van der Waals surface area (Å²) < 4.78 is 10.6. The summed E-state index contributed by atoms with van der Waals surface area (Å²) in [6.07, 6.45) is 4.65. The van der Waals surface area contributed by atoms with E-state index in [1.54, 1.807) is 14.2 Å². The van der Waals surface area contributed by atoms with E-state index in [0.29, 0.717) is 0 Å². The first-order chi connectivity index (χ1) is 8.63. The second-order valence-electron chi connectivity index (χ2n) is 4.67. The lowest BCUT2D eigenvalue weighted by molar-refractivity contribution is 0.353. The second kappa shape index (κ2) is 7.27. The average Bonchev–Trinajstić information content (AvgIpc) is 2.38. The number of unbranched alkanes of at least 4 members (excludes halogenated alkanes) is 2. The Hall–Kier alpha value is -1.22. The number of nitrogens with two attached hydrogens (primary N) is 1. The molecule has 1 atom stereocenters. The molecule has 0 saturated heterocycles. The molecule has 1 rings (SSSR count). The van der Waals surface area contributed by atoms with Gasteiger partial charge in [0.05, 0.1) is 14.2 Å². The zero-order valence-corrected chi connectivity index (χ0v) is 12.0. The Morgan fingerprint density at radius 3 is 2.28 bits per heavy atom. The number of hydrogen-bond acceptors (Lipinski definition) is 3. The smallest absolute Gasteiger partial charge is 0.161 e. The van der Waals surface area contributed by atoms with Crippen molar-refractivity contribution >= 4 is 0 Å². The van der Waals surface area contributed by atoms with Gasteiger partial charge in [0.15, 0.2) is 11.5 Å². The SMILES string of the molecule is CCCCCC(N)c1cc(OC)c(OC)cc1C. The highest BCUT2D eigenvalue weighted by molar-refractivity contribution is 5.47. The summed E-state index contributed by atoms with van der Waals surface area (Å²) in [6, 6.07) is 4.08. The maximum absolute atomic E-state index is 6.26. The van der Waals surface area contributed by atoms with Crippen molar-refractivity contribution in [1.29, 1.82) is 0 Å². The van der Waals surface area contributed by atoms with Crippen molar-refractivity contribution < 1.29 is 9.47 Å². The molecule has 0 spiro atoms. The number of rotatable bonds is 7. The van der Waals surface area contributed by atoms with Crippen molar-refractivity contribution in [3.05, 3.63) is 23.3 Å². The highest BCUT2D eigenvalue weighted by Crippen LogP contribution is 2.33. The van der Waals surface area contributed by atoms with E-state index >= 15 is 0 Å². The second-order valence-corrected chi connectivity index (χ2v) is 4.67. The molecule has 0 aliphatic carbocycles. The van der Waals surface area contributed by atoms with Crippen molar-refractivity contribution in [2.24, 2.45) is 5.73 Å². The zero-order valence-electron chi connectivity index (χ0n) is 12.0. The molecule has 3 nitrogen and oxygen atoms in total. The summed E-state index contributed by atoms with van der Waals surface area (Å²) in [7, 11) is 3.30. The summed E-state index contributed by atoms with van der Waals surface area (Å²) in [5, 5.41) is 0. The van der Waals surface area contributed by atoms with Crippen LogP contribution in [0.15, 0.2) is 12.1 Å². The Labute approximate surface area is 110 Å². The predicted octanol–water partition coefficient (Wildman–Crippen LogP) is 3.59. The van der Waals surface area contributed by atoms with Gasteiger partial charge in [-0.2, -0.15) is 0 Å². The number of ether oxygens (including phenoxy) is 2. The molecule has 1 unspecified atom stereocenters. The first-order valence-electron chi connectivity index (χ1n) is 6.62. The normalized spacial score (nSPS) is 12.3. The number of hydrogen-bond donors (Lipinski definition) is 1. The highest BCUT2D eigenvalue weighted by atomic mass is 16.5. The molecule has 3 heteroatoms. The maximum Gasteiger partial charge on any atom is 0.161 e. The molecule has 0 aliphatic heterocycles. The van der Waals surface area contributed by atoms with E-state index in [-0.39, 0.29) is 6.04 Å². The molecule has 1 aromatic carbocycles. The standard InChI is InChI=1S/C15H25NO2/c1-5-6-7-8-13(16)12-10-15(18-4)14(17-3)9-11(12)2/h9-10,13H,5-8,16H2,1-4H3. The van der Waals surface area contributed by atoms with Gasteiger partial charge in [-0.3, -0.25) is 0 Å². The molecule has 0 aromatic heterocycles. The minimum absolute atomic E-state index is 0.0800. The average molecular weight is 251 g/mol. The molecule has 0 bridgehead atoms. The lowest BCUT2D eigenvalue weighted by atomic mass is 9.96. The summed E-state index contributed by atoms with van der Waals surface area (Å²) in [5.74, 6) is 1.52. The molecular formula is C15H25NO2. The van der Waals surface area contributed by atoms with Gasteiger partial charge >= 0.3 is 0 Å². The van der Waals surface area contributed by atoms with Crippen LogP contribution in [0.4, 0.5) is 0 Å². The van der Waals surface area contributed by atoms with Crippen LogP contribution in [-0.4, -0.2) is 14.2 Å². The van der Waals surface area contributed by atoms with Gasteiger partial charge < -0.3 is 15.2 Å². The minimum atomic E-state index is 0.0800. The van der Waals surface area contributed by atoms with Gasteiger partial charge in [-0.15, -0.1) is 0 Å². The van der Waals surface area contributed by atoms with Crippen LogP contribution in [0.3, 0.4) is 0 Å². The van der Waals surface area contributed by atoms with E-state index in [9.17, 15) is 0 Å². The molecule has 18 heavy (non-hydrogen) atoms. The molecule has 0 fully saturated rings. The van der Waals surface area contributed by atoms with E-state index < -0.39 is 0 Å². The number of benzene rings is 1. The van der Waals surface area contributed by atoms with Gasteiger partial charge in [0, 0.05) is 6.04 Å². The summed E-state index contributed by atoms with van der Waals surface area (Å²) in [6.45, 7) is 4.27. The lowest BCUT2D eigenvalue weighted by Crippen LogP contribution is -2.12. The van der Waals surface area contributed by atoms with Crippen LogP contribution in [0.25, 0.3) is 0 Å². The van der Waals surface area contributed by atoms with Crippen molar-refractivity contribution in [3.8, 4) is 11.5 Å². The Balaban J connectivity index is 2.87. The zero-order chi connectivity index (χ0) is 13.5. The van der Waals surface area contributed by atoms with E-state index in [2.05, 4.69) is 13.8 Å². The fraction of sp³-hybridized carbons (Fsp3) is 0.600. The Morgan fingerprint density at radius 2 is 1.72 bits per heavy atom. The minimum Gasteiger partial charge on any atom is -0.493 e. The van der Waals surface area contributed by atoms with Gasteiger partial charge in [-0.1, -0.05) is 26.2 Å². The first kappa shape index (κ1) is 14.8. The predicted molar refractivity (Wildman–Crippen MR) is 75.4 cm³/mol. The maximum atomic E-state index is 6.26. The van der Waals surface area contributed by atoms with Crippen LogP contribution in [0.2, 0.25) is 0 Å². The molecule has 0 amide bonds. The molecular weight excluding hydrogens is 226 g/mol. The van der Waals surface area contributed by atoms with Gasteiger partial charge in [0.1, 0.15) is 0 Å². The fourth-order valence-electron chi connectivity index (χ4n) is 2.17. The molecule has 1 aromatic rings. The Morgan fingerprint density at radius 1 is 1.11 bits per heavy atom. The molecule has 102 valence electrons. The Kier molecular flexibility index (Phi) is 5.99. The largest absolute Gasteiger partial charge is 0.493 e. The van der Waals surface area contributed by atoms with Gasteiger partial charge in [-0.05, 0) is 36.6 Å². The molecule has 2 N–H and O–H groups in total. The summed E-state index contributed by atoms with van der Waals surface area (Å²) in [5.41, 5.74) is 8.58. The van der Waals surface area contributed by atoms with Crippen LogP contribution in [0.5, 0.6) is 11.5 Å². The van der Waals surface area contributed by atoms with Crippen molar-refractivity contribution in [2.45, 2.75) is 45.6 Å². The van der Waals surface area contributed by atoms with Gasteiger partial charge in [0.25, 0.3) is 0 Å². The van der Waals surface area contributed by atoms with E-state index in [1.165, 1.54) is 19.3 Å². The Bertz CT molecular complexity index is 377. The molecule has 0 aliphatic rings. The van der Waals surface area contributed by atoms with Crippen LogP contribution in [0, 0.1) is 6.92 Å². The van der Waals surface area contributed by atoms with Gasteiger partial charge in [-0.25, -0.2) is 0 Å². The quantitative estimate of drug-likeness (QED) is 0.753. The van der Waals surface area contributed by atoms with Crippen molar-refractivity contribution in [1.82, 2.24) is 0 Å². The van der Waals surface area contributed by atoms with Crippen molar-refractivity contribution in [3.63, 3.8) is 0 Å². The summed E-state index contributed by atoms with van der Waals surface area (Å²) in [4.78, 5) is 0. The van der Waals surface area contributed by atoms with E-state index in [1.807, 2.05) is 12.1 Å². The van der Waals surface area contributed by atoms with Crippen LogP contribution in [-0.2, 0) is 0 Å². The van der Waals surface area contributed by atoms with Crippen LogP contribution >= 0.6 is 0 Å². The molecule has 0 heterocycles. The molecule has 0 saturated carbocycles. The summed E-state index contributed by atoms with van der Waals surface area (Å²) >= 11 is 0. The number of aryl methyl sites for hydroxylation is 1. The monoisotopic (exact) mass is 251 g/mol. The lowest BCUT2D eigenvalue weighted by Gasteiger charge is -2.17. The third-order valence-electron chi connectivity index (χ3n) is 3.29. The van der Waals surface area contributed by atoms with Crippen molar-refractivity contribution in [2.75, 3.05) is 14.2 Å². The highest BCUT2D eigenvalue weighted by Gasteiger charge is 2.13. The number of methoxy groups -OCH3 is 2. The van der Waals surface area contributed by atoms with E-state index in [0.717, 1.165) is 29.0 Å².